The summed E-state index contributed by atoms with van der Waals surface area (Å²) in [5.74, 6) is -0.811. The van der Waals surface area contributed by atoms with Crippen LogP contribution in [0.25, 0.3) is 0 Å². The summed E-state index contributed by atoms with van der Waals surface area (Å²) in [6.45, 7) is 3.60. The lowest BCUT2D eigenvalue weighted by Gasteiger charge is -2.25. The molecule has 0 radical (unpaired) electrons. The number of rotatable bonds is 8. The second-order valence-electron chi connectivity index (χ2n) is 7.46. The largest absolute Gasteiger partial charge is 0.480 e. The van der Waals surface area contributed by atoms with E-state index < -0.39 is 5.97 Å². The van der Waals surface area contributed by atoms with Crippen LogP contribution in [0.3, 0.4) is 0 Å². The number of carboxylic acids is 1. The number of urea groups is 1. The maximum Gasteiger partial charge on any atom is 0.321 e. The molecule has 6 nitrogen and oxygen atoms in total. The molecular formula is C21H33N3O3. The second-order valence-corrected chi connectivity index (χ2v) is 7.46. The Bertz CT molecular complexity index is 603. The molecule has 1 aliphatic heterocycles. The number of anilines is 1. The average Bonchev–Trinajstić information content (AvgIpc) is 2.89. The highest BCUT2D eigenvalue weighted by Crippen LogP contribution is 2.18. The molecule has 0 saturated carbocycles. The summed E-state index contributed by atoms with van der Waals surface area (Å²) in [7, 11) is 1.84. The summed E-state index contributed by atoms with van der Waals surface area (Å²) >= 11 is 0. The number of aliphatic carboxylic acids is 1. The Morgan fingerprint density at radius 2 is 1.93 bits per heavy atom. The quantitative estimate of drug-likeness (QED) is 0.678. The van der Waals surface area contributed by atoms with E-state index in [2.05, 4.69) is 24.4 Å². The van der Waals surface area contributed by atoms with Crippen molar-refractivity contribution in [1.82, 2.24) is 9.80 Å². The number of hydrogen-bond donors (Lipinski definition) is 2. The van der Waals surface area contributed by atoms with Gasteiger partial charge in [0.25, 0.3) is 0 Å². The van der Waals surface area contributed by atoms with E-state index in [-0.39, 0.29) is 18.6 Å². The molecule has 6 heteroatoms. The minimum absolute atomic E-state index is 0.0431. The third kappa shape index (κ3) is 7.21. The van der Waals surface area contributed by atoms with E-state index in [4.69, 9.17) is 5.11 Å². The Labute approximate surface area is 162 Å². The molecule has 2 amide bonds. The van der Waals surface area contributed by atoms with Crippen LogP contribution in [0.1, 0.15) is 51.0 Å². The average molecular weight is 376 g/mol. The summed E-state index contributed by atoms with van der Waals surface area (Å²) in [5.41, 5.74) is 2.13. The molecule has 1 aromatic carbocycles. The molecule has 2 N–H and O–H groups in total. The first kappa shape index (κ1) is 21.2. The molecule has 1 aromatic rings. The highest BCUT2D eigenvalue weighted by atomic mass is 16.4. The smallest absolute Gasteiger partial charge is 0.321 e. The third-order valence-electron chi connectivity index (χ3n) is 5.27. The van der Waals surface area contributed by atoms with Crippen molar-refractivity contribution in [2.45, 2.75) is 57.9 Å². The number of carbonyl (C=O) groups excluding carboxylic acids is 1. The predicted octanol–water partition coefficient (Wildman–Crippen LogP) is 3.82. The van der Waals surface area contributed by atoms with Gasteiger partial charge in [0.1, 0.15) is 0 Å². The van der Waals surface area contributed by atoms with Crippen LogP contribution in [0, 0.1) is 0 Å². The standard InChI is InChI=1S/C21H33N3O3/c1-3-4-5-7-17-9-11-18(12-10-17)22-21(27)24-14-6-8-19(13-15-24)23(2)16-20(25)26/h9-12,19H,3-8,13-16H2,1-2H3,(H,22,27)(H,25,26). The van der Waals surface area contributed by atoms with E-state index in [0.717, 1.165) is 31.4 Å². The van der Waals surface area contributed by atoms with E-state index in [9.17, 15) is 9.59 Å². The number of hydrogen-bond acceptors (Lipinski definition) is 3. The van der Waals surface area contributed by atoms with Crippen molar-refractivity contribution >= 4 is 17.7 Å². The number of likely N-dealkylation sites (N-methyl/N-ethyl adjacent to an activating group) is 1. The van der Waals surface area contributed by atoms with Crippen LogP contribution in [0.2, 0.25) is 0 Å². The van der Waals surface area contributed by atoms with Gasteiger partial charge < -0.3 is 15.3 Å². The lowest BCUT2D eigenvalue weighted by Crippen LogP contribution is -2.38. The highest BCUT2D eigenvalue weighted by Gasteiger charge is 2.24. The van der Waals surface area contributed by atoms with E-state index >= 15 is 0 Å². The number of aryl methyl sites for hydroxylation is 1. The van der Waals surface area contributed by atoms with Gasteiger partial charge in [0.2, 0.25) is 0 Å². The van der Waals surface area contributed by atoms with Crippen molar-refractivity contribution in [1.29, 1.82) is 0 Å². The molecule has 1 fully saturated rings. The van der Waals surface area contributed by atoms with E-state index in [1.165, 1.54) is 24.8 Å². The Balaban J connectivity index is 1.82. The van der Waals surface area contributed by atoms with Crippen molar-refractivity contribution in [3.63, 3.8) is 0 Å². The van der Waals surface area contributed by atoms with Crippen LogP contribution < -0.4 is 5.32 Å². The highest BCUT2D eigenvalue weighted by molar-refractivity contribution is 5.89. The summed E-state index contributed by atoms with van der Waals surface area (Å²) in [5, 5.41) is 11.9. The van der Waals surface area contributed by atoms with Gasteiger partial charge in [0.15, 0.2) is 0 Å². The molecule has 1 heterocycles. The molecule has 0 spiro atoms. The maximum atomic E-state index is 12.6. The Hall–Kier alpha value is -2.08. The van der Waals surface area contributed by atoms with E-state index in [0.29, 0.717) is 13.1 Å². The van der Waals surface area contributed by atoms with E-state index in [1.54, 1.807) is 0 Å². The van der Waals surface area contributed by atoms with Crippen LogP contribution in [0.5, 0.6) is 0 Å². The van der Waals surface area contributed by atoms with Crippen molar-refractivity contribution in [2.75, 3.05) is 32.0 Å². The van der Waals surface area contributed by atoms with Crippen molar-refractivity contribution < 1.29 is 14.7 Å². The van der Waals surface area contributed by atoms with Gasteiger partial charge in [-0.25, -0.2) is 4.79 Å². The number of nitrogens with zero attached hydrogens (tertiary/aromatic N) is 2. The SMILES string of the molecule is CCCCCc1ccc(NC(=O)N2CCCC(N(C)CC(=O)O)CC2)cc1. The predicted molar refractivity (Wildman–Crippen MR) is 108 cm³/mol. The molecule has 1 unspecified atom stereocenters. The molecule has 0 bridgehead atoms. The monoisotopic (exact) mass is 375 g/mol. The van der Waals surface area contributed by atoms with Crippen LogP contribution in [0.15, 0.2) is 24.3 Å². The fourth-order valence-corrected chi connectivity index (χ4v) is 3.60. The zero-order chi connectivity index (χ0) is 19.6. The summed E-state index contributed by atoms with van der Waals surface area (Å²) in [4.78, 5) is 27.2. The number of amides is 2. The van der Waals surface area contributed by atoms with Crippen LogP contribution in [0.4, 0.5) is 10.5 Å². The third-order valence-corrected chi connectivity index (χ3v) is 5.27. The topological polar surface area (TPSA) is 72.9 Å². The maximum absolute atomic E-state index is 12.6. The summed E-state index contributed by atoms with van der Waals surface area (Å²) in [6, 6.07) is 8.26. The van der Waals surface area contributed by atoms with E-state index in [1.807, 2.05) is 29.0 Å². The normalized spacial score (nSPS) is 17.6. The number of carbonyl (C=O) groups is 2. The lowest BCUT2D eigenvalue weighted by molar-refractivity contribution is -0.138. The van der Waals surface area contributed by atoms with Crippen LogP contribution in [-0.4, -0.2) is 59.6 Å². The molecule has 0 aliphatic carbocycles. The fraction of sp³-hybridized carbons (Fsp3) is 0.619. The minimum Gasteiger partial charge on any atom is -0.480 e. The van der Waals surface area contributed by atoms with Gasteiger partial charge >= 0.3 is 12.0 Å². The molecule has 27 heavy (non-hydrogen) atoms. The number of unbranched alkanes of at least 4 members (excludes halogenated alkanes) is 2. The Morgan fingerprint density at radius 1 is 1.19 bits per heavy atom. The van der Waals surface area contributed by atoms with Crippen molar-refractivity contribution in [3.05, 3.63) is 29.8 Å². The van der Waals surface area contributed by atoms with Gasteiger partial charge in [-0.2, -0.15) is 0 Å². The fourth-order valence-electron chi connectivity index (χ4n) is 3.60. The molecule has 0 aromatic heterocycles. The first-order chi connectivity index (χ1) is 13.0. The molecule has 2 rings (SSSR count). The zero-order valence-electron chi connectivity index (χ0n) is 16.6. The summed E-state index contributed by atoms with van der Waals surface area (Å²) < 4.78 is 0. The summed E-state index contributed by atoms with van der Waals surface area (Å²) in [6.07, 6.45) is 7.35. The lowest BCUT2D eigenvalue weighted by atomic mass is 10.1. The van der Waals surface area contributed by atoms with Gasteiger partial charge in [0, 0.05) is 24.8 Å². The van der Waals surface area contributed by atoms with Crippen molar-refractivity contribution in [3.8, 4) is 0 Å². The van der Waals surface area contributed by atoms with Crippen LogP contribution in [-0.2, 0) is 11.2 Å². The molecule has 1 aliphatic rings. The van der Waals surface area contributed by atoms with Crippen molar-refractivity contribution in [2.24, 2.45) is 0 Å². The minimum atomic E-state index is -0.811. The van der Waals surface area contributed by atoms with Gasteiger partial charge in [-0.05, 0) is 56.8 Å². The number of benzene rings is 1. The molecule has 150 valence electrons. The van der Waals surface area contributed by atoms with Gasteiger partial charge in [-0.15, -0.1) is 0 Å². The number of likely N-dealkylation sites (tertiary alicyclic amines) is 1. The van der Waals surface area contributed by atoms with Gasteiger partial charge in [-0.3, -0.25) is 9.69 Å². The zero-order valence-corrected chi connectivity index (χ0v) is 16.6. The molecule has 1 atom stereocenters. The second kappa shape index (κ2) is 10.9. The first-order valence-electron chi connectivity index (χ1n) is 10.1. The Kier molecular flexibility index (Phi) is 8.58. The number of carboxylic acid groups (broad SMARTS) is 1. The Morgan fingerprint density at radius 3 is 2.59 bits per heavy atom. The molecular weight excluding hydrogens is 342 g/mol. The number of nitrogens with one attached hydrogen (secondary N) is 1. The molecule has 1 saturated heterocycles. The van der Waals surface area contributed by atoms with Gasteiger partial charge in [0.05, 0.1) is 6.54 Å². The van der Waals surface area contributed by atoms with Crippen LogP contribution >= 0.6 is 0 Å². The first-order valence-corrected chi connectivity index (χ1v) is 10.1. The van der Waals surface area contributed by atoms with Gasteiger partial charge in [-0.1, -0.05) is 31.9 Å².